The average molecular weight is 271 g/mol. The summed E-state index contributed by atoms with van der Waals surface area (Å²) in [6.45, 7) is 0. The van der Waals surface area contributed by atoms with E-state index in [4.69, 9.17) is 0 Å². The monoisotopic (exact) mass is 271 g/mol. The van der Waals surface area contributed by atoms with E-state index in [1.807, 2.05) is 30.3 Å². The molecule has 3 heterocycles. The maximum atomic E-state index is 9.91. The molecule has 0 saturated carbocycles. The number of aromatic nitrogens is 4. The van der Waals surface area contributed by atoms with Crippen LogP contribution in [0.15, 0.2) is 30.3 Å². The van der Waals surface area contributed by atoms with Gasteiger partial charge in [0, 0.05) is 12.1 Å². The van der Waals surface area contributed by atoms with Gasteiger partial charge in [0.2, 0.25) is 0 Å². The van der Waals surface area contributed by atoms with Crippen LogP contribution in [0.4, 0.5) is 5.95 Å². The van der Waals surface area contributed by atoms with Gasteiger partial charge in [0.1, 0.15) is 0 Å². The van der Waals surface area contributed by atoms with Gasteiger partial charge in [0.15, 0.2) is 0 Å². The Labute approximate surface area is 117 Å². The summed E-state index contributed by atoms with van der Waals surface area (Å²) in [6.07, 6.45) is 3.69. The summed E-state index contributed by atoms with van der Waals surface area (Å²) >= 11 is 0. The Morgan fingerprint density at radius 2 is 1.75 bits per heavy atom. The molecule has 1 aromatic carbocycles. The van der Waals surface area contributed by atoms with Crippen LogP contribution in [0.2, 0.25) is 0 Å². The van der Waals surface area contributed by atoms with Crippen molar-refractivity contribution in [2.75, 3.05) is 4.90 Å². The van der Waals surface area contributed by atoms with Crippen LogP contribution < -0.4 is 4.90 Å². The van der Waals surface area contributed by atoms with Gasteiger partial charge in [-0.3, -0.25) is 0 Å². The molecule has 2 bridgehead atoms. The fourth-order valence-corrected chi connectivity index (χ4v) is 3.55. The van der Waals surface area contributed by atoms with Gasteiger partial charge in [-0.2, -0.15) is 4.68 Å². The van der Waals surface area contributed by atoms with Gasteiger partial charge in [-0.15, -0.1) is 0 Å². The van der Waals surface area contributed by atoms with E-state index in [1.54, 1.807) is 4.68 Å². The molecular formula is C14H17N5O. The fourth-order valence-electron chi connectivity index (χ4n) is 3.55. The highest BCUT2D eigenvalue weighted by Gasteiger charge is 2.42. The van der Waals surface area contributed by atoms with Crippen molar-refractivity contribution in [1.29, 1.82) is 0 Å². The lowest BCUT2D eigenvalue weighted by Crippen LogP contribution is -2.46. The number of aliphatic hydroxyl groups is 1. The minimum Gasteiger partial charge on any atom is -0.393 e. The largest absolute Gasteiger partial charge is 0.393 e. The number of benzene rings is 1. The second-order valence-electron chi connectivity index (χ2n) is 5.64. The number of rotatable bonds is 2. The summed E-state index contributed by atoms with van der Waals surface area (Å²) in [4.78, 5) is 2.31. The molecule has 0 radical (unpaired) electrons. The zero-order valence-corrected chi connectivity index (χ0v) is 11.1. The number of hydrogen-bond donors (Lipinski definition) is 1. The number of para-hydroxylation sites is 1. The maximum absolute atomic E-state index is 9.91. The Morgan fingerprint density at radius 3 is 2.45 bits per heavy atom. The molecule has 20 heavy (non-hydrogen) atoms. The van der Waals surface area contributed by atoms with E-state index >= 15 is 0 Å². The van der Waals surface area contributed by atoms with Gasteiger partial charge < -0.3 is 10.0 Å². The first-order valence-corrected chi connectivity index (χ1v) is 7.13. The first-order valence-electron chi connectivity index (χ1n) is 7.13. The Morgan fingerprint density at radius 1 is 1.05 bits per heavy atom. The lowest BCUT2D eigenvalue weighted by atomic mass is 10.0. The van der Waals surface area contributed by atoms with Gasteiger partial charge in [-0.1, -0.05) is 23.3 Å². The SMILES string of the molecule is OC1CC2CCC(C1)N2c1nnnn1-c1ccccc1. The third-order valence-electron chi connectivity index (χ3n) is 4.39. The molecule has 2 fully saturated rings. The van der Waals surface area contributed by atoms with Gasteiger partial charge in [0.25, 0.3) is 5.95 Å². The van der Waals surface area contributed by atoms with Crippen LogP contribution in [-0.2, 0) is 0 Å². The molecule has 2 aliphatic heterocycles. The molecule has 6 heteroatoms. The smallest absolute Gasteiger partial charge is 0.250 e. The Balaban J connectivity index is 1.72. The predicted octanol–water partition coefficient (Wildman–Crippen LogP) is 1.15. The quantitative estimate of drug-likeness (QED) is 0.887. The maximum Gasteiger partial charge on any atom is 0.250 e. The number of nitrogens with zero attached hydrogens (tertiary/aromatic N) is 5. The van der Waals surface area contributed by atoms with Crippen LogP contribution in [0.25, 0.3) is 5.69 Å². The summed E-state index contributed by atoms with van der Waals surface area (Å²) in [5.74, 6) is 0.801. The fraction of sp³-hybridized carbons (Fsp3) is 0.500. The molecule has 6 nitrogen and oxygen atoms in total. The number of hydrogen-bond acceptors (Lipinski definition) is 5. The van der Waals surface area contributed by atoms with Crippen LogP contribution in [-0.4, -0.2) is 43.5 Å². The minimum absolute atomic E-state index is 0.176. The zero-order valence-electron chi connectivity index (χ0n) is 11.1. The highest BCUT2D eigenvalue weighted by Crippen LogP contribution is 2.38. The molecule has 4 rings (SSSR count). The molecule has 1 aromatic heterocycles. The minimum atomic E-state index is -0.176. The molecule has 2 atom stereocenters. The van der Waals surface area contributed by atoms with Crippen molar-refractivity contribution >= 4 is 5.95 Å². The number of tetrazole rings is 1. The lowest BCUT2D eigenvalue weighted by Gasteiger charge is -2.37. The highest BCUT2D eigenvalue weighted by atomic mass is 16.3. The number of aliphatic hydroxyl groups excluding tert-OH is 1. The topological polar surface area (TPSA) is 67.1 Å². The van der Waals surface area contributed by atoms with E-state index in [-0.39, 0.29) is 6.10 Å². The molecule has 2 aromatic rings. The average Bonchev–Trinajstić information content (AvgIpc) is 3.03. The summed E-state index contributed by atoms with van der Waals surface area (Å²) in [7, 11) is 0. The first-order chi connectivity index (χ1) is 9.83. The van der Waals surface area contributed by atoms with Crippen LogP contribution >= 0.6 is 0 Å². The molecule has 2 saturated heterocycles. The normalized spacial score (nSPS) is 28.9. The molecule has 0 amide bonds. The summed E-state index contributed by atoms with van der Waals surface area (Å²) in [5.41, 5.74) is 0.970. The summed E-state index contributed by atoms with van der Waals surface area (Å²) in [5, 5.41) is 22.1. The number of piperidine rings is 1. The van der Waals surface area contributed by atoms with Crippen molar-refractivity contribution in [3.63, 3.8) is 0 Å². The van der Waals surface area contributed by atoms with Crippen molar-refractivity contribution in [3.8, 4) is 5.69 Å². The summed E-state index contributed by atoms with van der Waals surface area (Å²) in [6, 6.07) is 10.7. The molecule has 2 unspecified atom stereocenters. The van der Waals surface area contributed by atoms with Crippen molar-refractivity contribution in [1.82, 2.24) is 20.2 Å². The van der Waals surface area contributed by atoms with E-state index in [0.29, 0.717) is 12.1 Å². The van der Waals surface area contributed by atoms with Crippen LogP contribution in [0, 0.1) is 0 Å². The first kappa shape index (κ1) is 11.8. The number of anilines is 1. The van der Waals surface area contributed by atoms with Gasteiger partial charge in [-0.25, -0.2) is 0 Å². The third kappa shape index (κ3) is 1.79. The van der Waals surface area contributed by atoms with Gasteiger partial charge >= 0.3 is 0 Å². The molecule has 0 aliphatic carbocycles. The Bertz CT molecular complexity index is 585. The van der Waals surface area contributed by atoms with Crippen LogP contribution in [0.3, 0.4) is 0 Å². The van der Waals surface area contributed by atoms with E-state index in [1.165, 1.54) is 0 Å². The highest BCUT2D eigenvalue weighted by molar-refractivity contribution is 5.44. The zero-order chi connectivity index (χ0) is 13.5. The van der Waals surface area contributed by atoms with E-state index < -0.39 is 0 Å². The van der Waals surface area contributed by atoms with E-state index in [9.17, 15) is 5.11 Å². The second-order valence-corrected chi connectivity index (χ2v) is 5.64. The summed E-state index contributed by atoms with van der Waals surface area (Å²) < 4.78 is 1.79. The Hall–Kier alpha value is -1.95. The van der Waals surface area contributed by atoms with Crippen molar-refractivity contribution < 1.29 is 5.11 Å². The Kier molecular flexibility index (Phi) is 2.70. The third-order valence-corrected chi connectivity index (χ3v) is 4.39. The molecule has 2 aliphatic rings. The van der Waals surface area contributed by atoms with Crippen molar-refractivity contribution in [2.45, 2.75) is 43.9 Å². The van der Waals surface area contributed by atoms with Crippen molar-refractivity contribution in [2.24, 2.45) is 0 Å². The second kappa shape index (κ2) is 4.56. The van der Waals surface area contributed by atoms with Crippen LogP contribution in [0.5, 0.6) is 0 Å². The molecule has 1 N–H and O–H groups in total. The number of fused-ring (bicyclic) bond motifs is 2. The van der Waals surface area contributed by atoms with Crippen molar-refractivity contribution in [3.05, 3.63) is 30.3 Å². The van der Waals surface area contributed by atoms with E-state index in [2.05, 4.69) is 20.4 Å². The van der Waals surface area contributed by atoms with E-state index in [0.717, 1.165) is 37.3 Å². The van der Waals surface area contributed by atoms with Gasteiger partial charge in [0.05, 0.1) is 11.8 Å². The standard InChI is InChI=1S/C14H17N5O/c20-13-8-11-6-7-12(9-13)18(11)14-15-16-17-19(14)10-4-2-1-3-5-10/h1-5,11-13,20H,6-9H2. The molecule has 0 spiro atoms. The predicted molar refractivity (Wildman–Crippen MR) is 73.7 cm³/mol. The van der Waals surface area contributed by atoms with Crippen LogP contribution in [0.1, 0.15) is 25.7 Å². The molecule has 104 valence electrons. The lowest BCUT2D eigenvalue weighted by molar-refractivity contribution is 0.125. The van der Waals surface area contributed by atoms with Gasteiger partial charge in [-0.05, 0) is 48.2 Å². The molecular weight excluding hydrogens is 254 g/mol.